The van der Waals surface area contributed by atoms with Crippen molar-refractivity contribution in [1.29, 1.82) is 0 Å². The predicted molar refractivity (Wildman–Crippen MR) is 86.6 cm³/mol. The minimum atomic E-state index is -0.837. The molecule has 1 saturated heterocycles. The Hall–Kier alpha value is -1.79. The fourth-order valence-electron chi connectivity index (χ4n) is 2.94. The minimum Gasteiger partial charge on any atom is -0.350 e. The van der Waals surface area contributed by atoms with Gasteiger partial charge in [0.05, 0.1) is 6.04 Å². The first-order valence-corrected chi connectivity index (χ1v) is 8.54. The highest BCUT2D eigenvalue weighted by Crippen LogP contribution is 2.28. The standard InChI is InChI=1S/C17H18F2N2OS/c18-12-5-3-6-13(19)16(12)17(22)20-11-14(15-7-4-10-23-15)21-8-1-2-9-21/h3-7,10,14H,1-2,8-9,11H2,(H,20,22). The van der Waals surface area contributed by atoms with Gasteiger partial charge < -0.3 is 5.32 Å². The number of hydrogen-bond donors (Lipinski definition) is 1. The molecule has 1 amide bonds. The van der Waals surface area contributed by atoms with Gasteiger partial charge in [0.25, 0.3) is 5.91 Å². The summed E-state index contributed by atoms with van der Waals surface area (Å²) in [4.78, 5) is 15.6. The van der Waals surface area contributed by atoms with Crippen LogP contribution < -0.4 is 5.32 Å². The van der Waals surface area contributed by atoms with E-state index in [4.69, 9.17) is 0 Å². The molecule has 3 rings (SSSR count). The molecule has 0 bridgehead atoms. The first-order valence-electron chi connectivity index (χ1n) is 7.66. The number of hydrogen-bond acceptors (Lipinski definition) is 3. The van der Waals surface area contributed by atoms with Crippen molar-refractivity contribution in [2.24, 2.45) is 0 Å². The smallest absolute Gasteiger partial charge is 0.257 e. The number of amides is 1. The van der Waals surface area contributed by atoms with Crippen LogP contribution in [0.2, 0.25) is 0 Å². The second kappa shape index (κ2) is 7.19. The Morgan fingerprint density at radius 2 is 1.87 bits per heavy atom. The van der Waals surface area contributed by atoms with Crippen LogP contribution in [0.3, 0.4) is 0 Å². The summed E-state index contributed by atoms with van der Waals surface area (Å²) in [6.45, 7) is 2.30. The van der Waals surface area contributed by atoms with Gasteiger partial charge in [-0.2, -0.15) is 0 Å². The molecule has 2 heterocycles. The fraction of sp³-hybridized carbons (Fsp3) is 0.353. The third kappa shape index (κ3) is 3.59. The number of nitrogens with one attached hydrogen (secondary N) is 1. The molecule has 0 spiro atoms. The van der Waals surface area contributed by atoms with Gasteiger partial charge in [0.15, 0.2) is 0 Å². The number of nitrogens with zero attached hydrogens (tertiary/aromatic N) is 1. The number of rotatable bonds is 5. The minimum absolute atomic E-state index is 0.0521. The molecular weight excluding hydrogens is 318 g/mol. The summed E-state index contributed by atoms with van der Waals surface area (Å²) in [7, 11) is 0. The molecule has 1 aliphatic heterocycles. The topological polar surface area (TPSA) is 32.3 Å². The van der Waals surface area contributed by atoms with Crippen LogP contribution in [0.25, 0.3) is 0 Å². The molecular formula is C17H18F2N2OS. The SMILES string of the molecule is O=C(NCC(c1cccs1)N1CCCC1)c1c(F)cccc1F. The summed E-state index contributed by atoms with van der Waals surface area (Å²) in [5.74, 6) is -2.38. The molecule has 122 valence electrons. The van der Waals surface area contributed by atoms with Crippen molar-refractivity contribution in [1.82, 2.24) is 10.2 Å². The van der Waals surface area contributed by atoms with Crippen LogP contribution >= 0.6 is 11.3 Å². The van der Waals surface area contributed by atoms with Crippen molar-refractivity contribution in [3.63, 3.8) is 0 Å². The van der Waals surface area contributed by atoms with E-state index in [1.165, 1.54) is 6.07 Å². The number of benzene rings is 1. The Morgan fingerprint density at radius 1 is 1.17 bits per heavy atom. The van der Waals surface area contributed by atoms with Crippen LogP contribution in [0.4, 0.5) is 8.78 Å². The van der Waals surface area contributed by atoms with Crippen molar-refractivity contribution in [3.05, 3.63) is 57.8 Å². The van der Waals surface area contributed by atoms with E-state index in [0.29, 0.717) is 6.54 Å². The molecule has 1 aromatic heterocycles. The van der Waals surface area contributed by atoms with E-state index in [1.807, 2.05) is 17.5 Å². The van der Waals surface area contributed by atoms with Gasteiger partial charge in [-0.05, 0) is 49.5 Å². The highest BCUT2D eigenvalue weighted by molar-refractivity contribution is 7.10. The summed E-state index contributed by atoms with van der Waals surface area (Å²) in [5, 5.41) is 4.69. The van der Waals surface area contributed by atoms with Crippen molar-refractivity contribution in [3.8, 4) is 0 Å². The first-order chi connectivity index (χ1) is 11.2. The van der Waals surface area contributed by atoms with Crippen LogP contribution in [0.15, 0.2) is 35.7 Å². The Balaban J connectivity index is 1.72. The second-order valence-electron chi connectivity index (χ2n) is 5.58. The molecule has 6 heteroatoms. The highest BCUT2D eigenvalue weighted by atomic mass is 32.1. The zero-order valence-electron chi connectivity index (χ0n) is 12.6. The fourth-order valence-corrected chi connectivity index (χ4v) is 3.80. The molecule has 2 aromatic rings. The Kier molecular flexibility index (Phi) is 5.03. The average molecular weight is 336 g/mol. The molecule has 1 aliphatic rings. The summed E-state index contributed by atoms with van der Waals surface area (Å²) < 4.78 is 27.4. The van der Waals surface area contributed by atoms with E-state index in [1.54, 1.807) is 11.3 Å². The monoisotopic (exact) mass is 336 g/mol. The first kappa shape index (κ1) is 16.1. The maximum absolute atomic E-state index is 13.7. The molecule has 1 fully saturated rings. The van der Waals surface area contributed by atoms with Crippen LogP contribution in [-0.4, -0.2) is 30.4 Å². The van der Waals surface area contributed by atoms with Crippen LogP contribution in [0.5, 0.6) is 0 Å². The number of thiophene rings is 1. The zero-order valence-corrected chi connectivity index (χ0v) is 13.4. The lowest BCUT2D eigenvalue weighted by atomic mass is 10.1. The maximum atomic E-state index is 13.7. The van der Waals surface area contributed by atoms with Crippen LogP contribution in [0, 0.1) is 11.6 Å². The lowest BCUT2D eigenvalue weighted by Gasteiger charge is -2.27. The molecule has 0 radical (unpaired) electrons. The number of halogens is 2. The Morgan fingerprint density at radius 3 is 2.48 bits per heavy atom. The normalized spacial score (nSPS) is 16.4. The molecule has 1 atom stereocenters. The Bertz CT molecular complexity index is 649. The van der Waals surface area contributed by atoms with Crippen molar-refractivity contribution in [2.75, 3.05) is 19.6 Å². The average Bonchev–Trinajstić information content (AvgIpc) is 3.21. The van der Waals surface area contributed by atoms with Crippen molar-refractivity contribution < 1.29 is 13.6 Å². The van der Waals surface area contributed by atoms with Gasteiger partial charge in [-0.3, -0.25) is 9.69 Å². The summed E-state index contributed by atoms with van der Waals surface area (Å²) >= 11 is 1.63. The molecule has 1 N–H and O–H groups in total. The maximum Gasteiger partial charge on any atom is 0.257 e. The van der Waals surface area contributed by atoms with E-state index in [2.05, 4.69) is 10.2 Å². The quantitative estimate of drug-likeness (QED) is 0.905. The molecule has 23 heavy (non-hydrogen) atoms. The van der Waals surface area contributed by atoms with E-state index in [9.17, 15) is 13.6 Å². The summed E-state index contributed by atoms with van der Waals surface area (Å²) in [6, 6.07) is 7.49. The third-order valence-corrected chi connectivity index (χ3v) is 5.07. The van der Waals surface area contributed by atoms with Crippen molar-refractivity contribution >= 4 is 17.2 Å². The van der Waals surface area contributed by atoms with Gasteiger partial charge in [-0.1, -0.05) is 12.1 Å². The number of likely N-dealkylation sites (tertiary alicyclic amines) is 1. The largest absolute Gasteiger partial charge is 0.350 e. The number of carbonyl (C=O) groups is 1. The van der Waals surface area contributed by atoms with Crippen LogP contribution in [-0.2, 0) is 0 Å². The molecule has 3 nitrogen and oxygen atoms in total. The van der Waals surface area contributed by atoms with Gasteiger partial charge in [-0.15, -0.1) is 11.3 Å². The van der Waals surface area contributed by atoms with Gasteiger partial charge >= 0.3 is 0 Å². The van der Waals surface area contributed by atoms with Gasteiger partial charge in [0.2, 0.25) is 0 Å². The van der Waals surface area contributed by atoms with Crippen molar-refractivity contribution in [2.45, 2.75) is 18.9 Å². The van der Waals surface area contributed by atoms with Gasteiger partial charge in [0.1, 0.15) is 17.2 Å². The van der Waals surface area contributed by atoms with Gasteiger partial charge in [-0.25, -0.2) is 8.78 Å². The zero-order chi connectivity index (χ0) is 16.2. The van der Waals surface area contributed by atoms with Gasteiger partial charge in [0, 0.05) is 11.4 Å². The lowest BCUT2D eigenvalue weighted by molar-refractivity contribution is 0.0930. The molecule has 0 aliphatic carbocycles. The molecule has 1 aromatic carbocycles. The third-order valence-electron chi connectivity index (χ3n) is 4.10. The van der Waals surface area contributed by atoms with E-state index in [0.717, 1.165) is 42.9 Å². The molecule has 1 unspecified atom stereocenters. The molecule has 0 saturated carbocycles. The van der Waals surface area contributed by atoms with Crippen LogP contribution in [0.1, 0.15) is 34.1 Å². The Labute approximate surface area is 137 Å². The number of carbonyl (C=O) groups excluding carboxylic acids is 1. The summed E-state index contributed by atoms with van der Waals surface area (Å²) in [6.07, 6.45) is 2.27. The van der Waals surface area contributed by atoms with E-state index < -0.39 is 23.1 Å². The van der Waals surface area contributed by atoms with E-state index in [-0.39, 0.29) is 6.04 Å². The summed E-state index contributed by atoms with van der Waals surface area (Å²) in [5.41, 5.74) is -0.515. The predicted octanol–water partition coefficient (Wildman–Crippen LogP) is 3.59. The highest BCUT2D eigenvalue weighted by Gasteiger charge is 2.25. The lowest BCUT2D eigenvalue weighted by Crippen LogP contribution is -2.37. The van der Waals surface area contributed by atoms with E-state index >= 15 is 0 Å². The second-order valence-corrected chi connectivity index (χ2v) is 6.56.